The largest absolute Gasteiger partial charge is 0.0871 e. The minimum absolute atomic E-state index is 1.21. The number of benzene rings is 1. The van der Waals surface area contributed by atoms with Crippen LogP contribution in [0.4, 0.5) is 0 Å². The summed E-state index contributed by atoms with van der Waals surface area (Å²) in [6.45, 7) is 4.30. The van der Waals surface area contributed by atoms with E-state index in [0.717, 1.165) is 0 Å². The van der Waals surface area contributed by atoms with Crippen molar-refractivity contribution in [1.82, 2.24) is 0 Å². The summed E-state index contributed by atoms with van der Waals surface area (Å²) in [5.74, 6) is 0. The first-order chi connectivity index (χ1) is 6.38. The van der Waals surface area contributed by atoms with Crippen LogP contribution in [0.2, 0.25) is 0 Å². The van der Waals surface area contributed by atoms with Crippen LogP contribution in [0.1, 0.15) is 37.8 Å². The molecular formula is C13H18. The third kappa shape index (κ3) is 3.06. The maximum atomic E-state index is 2.23. The fourth-order valence-electron chi connectivity index (χ4n) is 1.47. The van der Waals surface area contributed by atoms with Crippen LogP contribution < -0.4 is 0 Å². The van der Waals surface area contributed by atoms with Gasteiger partial charge in [-0.1, -0.05) is 49.8 Å². The highest BCUT2D eigenvalue weighted by molar-refractivity contribution is 5.53. The average molecular weight is 174 g/mol. The molecule has 0 N–H and O–H groups in total. The van der Waals surface area contributed by atoms with Crippen molar-refractivity contribution in [3.8, 4) is 0 Å². The van der Waals surface area contributed by atoms with Gasteiger partial charge in [-0.2, -0.15) is 0 Å². The Bertz CT molecular complexity index is 271. The number of hydrogen-bond donors (Lipinski definition) is 0. The summed E-state index contributed by atoms with van der Waals surface area (Å²) >= 11 is 0. The van der Waals surface area contributed by atoms with Crippen molar-refractivity contribution in [1.29, 1.82) is 0 Å². The molecule has 0 bridgehead atoms. The van der Waals surface area contributed by atoms with E-state index >= 15 is 0 Å². The lowest BCUT2D eigenvalue weighted by Crippen LogP contribution is -1.88. The molecule has 1 rings (SSSR count). The zero-order valence-corrected chi connectivity index (χ0v) is 8.59. The standard InChI is InChI=1S/C13H18/c1-3-5-9-13-11-7-6-10-12(13)8-4-2/h4,6-8,10-11H,3,5,9H2,1-2H3/b8-4+. The Morgan fingerprint density at radius 2 is 2.00 bits per heavy atom. The Labute approximate surface area is 81.3 Å². The van der Waals surface area contributed by atoms with Crippen molar-refractivity contribution in [3.63, 3.8) is 0 Å². The van der Waals surface area contributed by atoms with Gasteiger partial charge >= 0.3 is 0 Å². The Kier molecular flexibility index (Phi) is 4.31. The summed E-state index contributed by atoms with van der Waals surface area (Å²) in [5, 5.41) is 0. The summed E-state index contributed by atoms with van der Waals surface area (Å²) < 4.78 is 0. The number of rotatable bonds is 4. The van der Waals surface area contributed by atoms with E-state index in [1.807, 2.05) is 0 Å². The van der Waals surface area contributed by atoms with Gasteiger partial charge in [-0.15, -0.1) is 0 Å². The van der Waals surface area contributed by atoms with E-state index in [-0.39, 0.29) is 0 Å². The van der Waals surface area contributed by atoms with E-state index in [0.29, 0.717) is 0 Å². The lowest BCUT2D eigenvalue weighted by molar-refractivity contribution is 0.794. The third-order valence-electron chi connectivity index (χ3n) is 2.20. The molecule has 0 radical (unpaired) electrons. The first kappa shape index (κ1) is 10.0. The monoisotopic (exact) mass is 174 g/mol. The van der Waals surface area contributed by atoms with Crippen LogP contribution >= 0.6 is 0 Å². The van der Waals surface area contributed by atoms with Crippen LogP contribution in [0.15, 0.2) is 30.3 Å². The summed E-state index contributed by atoms with van der Waals surface area (Å²) in [4.78, 5) is 0. The number of unbranched alkanes of at least 4 members (excludes halogenated alkanes) is 1. The molecule has 0 heterocycles. The molecule has 0 aliphatic heterocycles. The highest BCUT2D eigenvalue weighted by Crippen LogP contribution is 2.13. The normalized spacial score (nSPS) is 10.9. The first-order valence-electron chi connectivity index (χ1n) is 5.09. The first-order valence-corrected chi connectivity index (χ1v) is 5.09. The smallest absolute Gasteiger partial charge is 0.0228 e. The topological polar surface area (TPSA) is 0 Å². The Morgan fingerprint density at radius 3 is 2.69 bits per heavy atom. The molecule has 70 valence electrons. The van der Waals surface area contributed by atoms with Crippen LogP contribution in [0.25, 0.3) is 6.08 Å². The average Bonchev–Trinajstić information content (AvgIpc) is 2.17. The summed E-state index contributed by atoms with van der Waals surface area (Å²) in [6, 6.07) is 8.64. The van der Waals surface area contributed by atoms with Crippen LogP contribution in [-0.4, -0.2) is 0 Å². The molecule has 0 nitrogen and oxygen atoms in total. The highest BCUT2D eigenvalue weighted by Gasteiger charge is 1.96. The lowest BCUT2D eigenvalue weighted by atomic mass is 10.0. The second-order valence-corrected chi connectivity index (χ2v) is 3.30. The molecule has 13 heavy (non-hydrogen) atoms. The molecule has 0 aromatic heterocycles. The van der Waals surface area contributed by atoms with Gasteiger partial charge in [0.05, 0.1) is 0 Å². The SMILES string of the molecule is C/C=C/c1ccccc1CCCC. The number of hydrogen-bond acceptors (Lipinski definition) is 0. The molecule has 0 saturated heterocycles. The van der Waals surface area contributed by atoms with Gasteiger partial charge in [0.2, 0.25) is 0 Å². The second kappa shape index (κ2) is 5.58. The van der Waals surface area contributed by atoms with Crippen LogP contribution in [-0.2, 0) is 6.42 Å². The predicted molar refractivity (Wildman–Crippen MR) is 59.8 cm³/mol. The summed E-state index contributed by atoms with van der Waals surface area (Å²) in [6.07, 6.45) is 8.05. The number of allylic oxidation sites excluding steroid dienone is 1. The van der Waals surface area contributed by atoms with Gasteiger partial charge in [-0.05, 0) is 30.9 Å². The van der Waals surface area contributed by atoms with Crippen molar-refractivity contribution >= 4 is 6.08 Å². The second-order valence-electron chi connectivity index (χ2n) is 3.30. The molecule has 0 aliphatic rings. The molecule has 0 fully saturated rings. The van der Waals surface area contributed by atoms with Gasteiger partial charge in [0.25, 0.3) is 0 Å². The fraction of sp³-hybridized carbons (Fsp3) is 0.385. The van der Waals surface area contributed by atoms with Crippen molar-refractivity contribution in [2.45, 2.75) is 33.1 Å². The van der Waals surface area contributed by atoms with E-state index in [2.05, 4.69) is 50.3 Å². The van der Waals surface area contributed by atoms with E-state index in [1.54, 1.807) is 0 Å². The molecule has 0 amide bonds. The molecular weight excluding hydrogens is 156 g/mol. The van der Waals surface area contributed by atoms with Gasteiger partial charge in [0.15, 0.2) is 0 Å². The summed E-state index contributed by atoms with van der Waals surface area (Å²) in [7, 11) is 0. The van der Waals surface area contributed by atoms with Crippen LogP contribution in [0.5, 0.6) is 0 Å². The third-order valence-corrected chi connectivity index (χ3v) is 2.20. The van der Waals surface area contributed by atoms with E-state index in [1.165, 1.54) is 30.4 Å². The zero-order valence-electron chi connectivity index (χ0n) is 8.59. The lowest BCUT2D eigenvalue weighted by Gasteiger charge is -2.04. The Hall–Kier alpha value is -1.04. The molecule has 1 aromatic rings. The molecule has 1 aromatic carbocycles. The van der Waals surface area contributed by atoms with Crippen molar-refractivity contribution < 1.29 is 0 Å². The Morgan fingerprint density at radius 1 is 1.23 bits per heavy atom. The Balaban J connectivity index is 2.78. The van der Waals surface area contributed by atoms with E-state index in [4.69, 9.17) is 0 Å². The van der Waals surface area contributed by atoms with Gasteiger partial charge < -0.3 is 0 Å². The summed E-state index contributed by atoms with van der Waals surface area (Å²) in [5.41, 5.74) is 2.85. The molecule has 0 atom stereocenters. The molecule has 0 aliphatic carbocycles. The van der Waals surface area contributed by atoms with Crippen molar-refractivity contribution in [2.24, 2.45) is 0 Å². The number of aryl methyl sites for hydroxylation is 1. The highest BCUT2D eigenvalue weighted by atomic mass is 14.0. The molecule has 0 heteroatoms. The minimum Gasteiger partial charge on any atom is -0.0871 e. The van der Waals surface area contributed by atoms with Gasteiger partial charge in [0, 0.05) is 0 Å². The van der Waals surface area contributed by atoms with E-state index < -0.39 is 0 Å². The van der Waals surface area contributed by atoms with Crippen molar-refractivity contribution in [3.05, 3.63) is 41.5 Å². The van der Waals surface area contributed by atoms with Gasteiger partial charge in [-0.25, -0.2) is 0 Å². The van der Waals surface area contributed by atoms with Crippen molar-refractivity contribution in [2.75, 3.05) is 0 Å². The van der Waals surface area contributed by atoms with Crippen LogP contribution in [0, 0.1) is 0 Å². The zero-order chi connectivity index (χ0) is 9.52. The predicted octanol–water partition coefficient (Wildman–Crippen LogP) is 4.06. The van der Waals surface area contributed by atoms with Gasteiger partial charge in [0.1, 0.15) is 0 Å². The molecule has 0 spiro atoms. The van der Waals surface area contributed by atoms with E-state index in [9.17, 15) is 0 Å². The molecule has 0 saturated carbocycles. The van der Waals surface area contributed by atoms with Crippen LogP contribution in [0.3, 0.4) is 0 Å². The molecule has 0 unspecified atom stereocenters. The maximum absolute atomic E-state index is 2.23. The fourth-order valence-corrected chi connectivity index (χ4v) is 1.47. The minimum atomic E-state index is 1.21. The maximum Gasteiger partial charge on any atom is -0.0228 e. The van der Waals surface area contributed by atoms with Gasteiger partial charge in [-0.3, -0.25) is 0 Å². The quantitative estimate of drug-likeness (QED) is 0.645.